The van der Waals surface area contributed by atoms with Crippen molar-refractivity contribution in [1.29, 1.82) is 0 Å². The van der Waals surface area contributed by atoms with Gasteiger partial charge in [-0.1, -0.05) is 36.2 Å². The number of hydrogen-bond acceptors (Lipinski definition) is 6. The maximum atomic E-state index is 14.9. The quantitative estimate of drug-likeness (QED) is 0.785. The topological polar surface area (TPSA) is 93.3 Å². The van der Waals surface area contributed by atoms with Gasteiger partial charge in [0, 0.05) is 17.0 Å². The molecule has 1 aromatic heterocycles. The van der Waals surface area contributed by atoms with Gasteiger partial charge in [-0.2, -0.15) is 0 Å². The summed E-state index contributed by atoms with van der Waals surface area (Å²) < 4.78 is 14.9. The number of anilines is 1. The standard InChI is InChI=1S/C19H19ClFN5OS/c20-16-9-23-15(8-24-16)17(27)25-12-4-5-14(21)13(7-12)19-6-2-1-3-11(19)10-28-18(22)26-19/h4-5,7-9,11H,1-3,6,10H2,(H2,22,26)(H,25,27). The Balaban J connectivity index is 1.68. The lowest BCUT2D eigenvalue weighted by Crippen LogP contribution is -2.43. The average molecular weight is 420 g/mol. The van der Waals surface area contributed by atoms with Crippen LogP contribution in [0.4, 0.5) is 10.1 Å². The number of carbonyl (C=O) groups excluding carboxylic acids is 1. The molecule has 1 amide bonds. The molecule has 1 aliphatic heterocycles. The van der Waals surface area contributed by atoms with Crippen LogP contribution in [0.1, 0.15) is 41.7 Å². The predicted octanol–water partition coefficient (Wildman–Crippen LogP) is 3.97. The molecule has 2 aromatic rings. The molecule has 0 radical (unpaired) electrons. The number of hydrogen-bond donors (Lipinski definition) is 2. The number of nitrogens with zero attached hydrogens (tertiary/aromatic N) is 3. The third kappa shape index (κ3) is 3.58. The number of halogens is 2. The SMILES string of the molecule is NC1=NC2(c3cc(NC(=O)c4cnc(Cl)cn4)ccc3F)CCCCC2CS1. The molecule has 146 valence electrons. The lowest BCUT2D eigenvalue weighted by molar-refractivity contribution is 0.102. The fourth-order valence-electron chi connectivity index (χ4n) is 3.99. The van der Waals surface area contributed by atoms with Gasteiger partial charge in [0.1, 0.15) is 16.7 Å². The zero-order chi connectivity index (χ0) is 19.7. The molecule has 2 atom stereocenters. The monoisotopic (exact) mass is 419 g/mol. The minimum atomic E-state index is -0.668. The van der Waals surface area contributed by atoms with E-state index in [2.05, 4.69) is 15.3 Å². The summed E-state index contributed by atoms with van der Waals surface area (Å²) in [5.74, 6) is 0.272. The number of aromatic nitrogens is 2. The van der Waals surface area contributed by atoms with Gasteiger partial charge in [-0.05, 0) is 37.0 Å². The van der Waals surface area contributed by atoms with E-state index in [-0.39, 0.29) is 22.6 Å². The highest BCUT2D eigenvalue weighted by Crippen LogP contribution is 2.50. The first kappa shape index (κ1) is 19.1. The third-order valence-electron chi connectivity index (χ3n) is 5.32. The molecule has 2 aliphatic rings. The van der Waals surface area contributed by atoms with Crippen LogP contribution in [0, 0.1) is 11.7 Å². The van der Waals surface area contributed by atoms with Crippen LogP contribution in [0.5, 0.6) is 0 Å². The van der Waals surface area contributed by atoms with Gasteiger partial charge in [0.2, 0.25) is 0 Å². The highest BCUT2D eigenvalue weighted by Gasteiger charge is 2.46. The molecule has 1 aromatic carbocycles. The summed E-state index contributed by atoms with van der Waals surface area (Å²) >= 11 is 7.23. The number of thioether (sulfide) groups is 1. The van der Waals surface area contributed by atoms with Gasteiger partial charge in [-0.3, -0.25) is 9.79 Å². The Kier molecular flexibility index (Phi) is 5.25. The first-order chi connectivity index (χ1) is 13.5. The van der Waals surface area contributed by atoms with Crippen molar-refractivity contribution in [2.24, 2.45) is 16.6 Å². The van der Waals surface area contributed by atoms with E-state index in [4.69, 9.17) is 22.3 Å². The lowest BCUT2D eigenvalue weighted by Gasteiger charge is -2.44. The van der Waals surface area contributed by atoms with E-state index in [1.54, 1.807) is 6.07 Å². The van der Waals surface area contributed by atoms with Crippen LogP contribution in [0.15, 0.2) is 35.6 Å². The summed E-state index contributed by atoms with van der Waals surface area (Å²) in [5.41, 5.74) is 6.44. The fraction of sp³-hybridized carbons (Fsp3) is 0.368. The molecule has 0 spiro atoms. The van der Waals surface area contributed by atoms with E-state index in [9.17, 15) is 9.18 Å². The Morgan fingerprint density at radius 1 is 1.32 bits per heavy atom. The molecule has 3 N–H and O–H groups in total. The Morgan fingerprint density at radius 3 is 2.96 bits per heavy atom. The second-order valence-electron chi connectivity index (χ2n) is 7.00. The lowest BCUT2D eigenvalue weighted by atomic mass is 9.69. The number of nitrogens with one attached hydrogen (secondary N) is 1. The van der Waals surface area contributed by atoms with Gasteiger partial charge >= 0.3 is 0 Å². The van der Waals surface area contributed by atoms with E-state index < -0.39 is 11.4 Å². The third-order valence-corrected chi connectivity index (χ3v) is 6.47. The van der Waals surface area contributed by atoms with Crippen LogP contribution in [-0.2, 0) is 5.54 Å². The average Bonchev–Trinajstić information content (AvgIpc) is 2.69. The molecule has 28 heavy (non-hydrogen) atoms. The van der Waals surface area contributed by atoms with Crippen molar-refractivity contribution in [3.05, 3.63) is 52.8 Å². The molecule has 2 unspecified atom stereocenters. The molecule has 4 rings (SSSR count). The Hall–Kier alpha value is -2.19. The maximum absolute atomic E-state index is 14.9. The van der Waals surface area contributed by atoms with Crippen molar-refractivity contribution in [3.63, 3.8) is 0 Å². The van der Waals surface area contributed by atoms with Crippen LogP contribution in [0.25, 0.3) is 0 Å². The van der Waals surface area contributed by atoms with Crippen LogP contribution < -0.4 is 11.1 Å². The van der Waals surface area contributed by atoms with Gasteiger partial charge in [-0.25, -0.2) is 14.4 Å². The molecular formula is C19H19ClFN5OS. The van der Waals surface area contributed by atoms with Crippen molar-refractivity contribution in [2.75, 3.05) is 11.1 Å². The number of nitrogens with two attached hydrogens (primary N) is 1. The van der Waals surface area contributed by atoms with Crippen LogP contribution in [0.2, 0.25) is 5.15 Å². The first-order valence-electron chi connectivity index (χ1n) is 9.05. The first-order valence-corrected chi connectivity index (χ1v) is 10.4. The molecule has 0 bridgehead atoms. The van der Waals surface area contributed by atoms with E-state index >= 15 is 0 Å². The Bertz CT molecular complexity index is 938. The second kappa shape index (κ2) is 7.67. The molecule has 1 aliphatic carbocycles. The van der Waals surface area contributed by atoms with Crippen LogP contribution in [-0.4, -0.2) is 26.8 Å². The van der Waals surface area contributed by atoms with E-state index in [1.807, 2.05) is 0 Å². The van der Waals surface area contributed by atoms with Crippen molar-refractivity contribution in [1.82, 2.24) is 9.97 Å². The molecule has 6 nitrogen and oxygen atoms in total. The van der Waals surface area contributed by atoms with Gasteiger partial charge in [0.05, 0.1) is 17.9 Å². The van der Waals surface area contributed by atoms with Crippen molar-refractivity contribution < 1.29 is 9.18 Å². The molecular weight excluding hydrogens is 401 g/mol. The van der Waals surface area contributed by atoms with Crippen LogP contribution in [0.3, 0.4) is 0 Å². The van der Waals surface area contributed by atoms with Gasteiger partial charge in [0.25, 0.3) is 5.91 Å². The molecule has 1 fully saturated rings. The summed E-state index contributed by atoms with van der Waals surface area (Å²) in [6, 6.07) is 4.56. The Labute approximate surface area is 171 Å². The van der Waals surface area contributed by atoms with Gasteiger partial charge in [0.15, 0.2) is 5.17 Å². The summed E-state index contributed by atoms with van der Waals surface area (Å²) in [4.78, 5) is 25.0. The minimum Gasteiger partial charge on any atom is -0.379 e. The summed E-state index contributed by atoms with van der Waals surface area (Å²) in [6.45, 7) is 0. The normalized spacial score (nSPS) is 24.2. The zero-order valence-corrected chi connectivity index (χ0v) is 16.6. The van der Waals surface area contributed by atoms with Gasteiger partial charge < -0.3 is 11.1 Å². The smallest absolute Gasteiger partial charge is 0.275 e. The van der Waals surface area contributed by atoms with Crippen molar-refractivity contribution in [2.45, 2.75) is 31.2 Å². The number of fused-ring (bicyclic) bond motifs is 1. The maximum Gasteiger partial charge on any atom is 0.275 e. The predicted molar refractivity (Wildman–Crippen MR) is 109 cm³/mol. The molecule has 0 saturated heterocycles. The number of amidine groups is 1. The zero-order valence-electron chi connectivity index (χ0n) is 15.0. The van der Waals surface area contributed by atoms with Gasteiger partial charge in [-0.15, -0.1) is 0 Å². The molecule has 2 heterocycles. The molecule has 9 heteroatoms. The number of carbonyl (C=O) groups is 1. The summed E-state index contributed by atoms with van der Waals surface area (Å²) in [7, 11) is 0. The highest BCUT2D eigenvalue weighted by molar-refractivity contribution is 8.13. The molecule has 1 saturated carbocycles. The summed E-state index contributed by atoms with van der Waals surface area (Å²) in [5, 5.41) is 3.44. The minimum absolute atomic E-state index is 0.125. The number of amides is 1. The Morgan fingerprint density at radius 2 is 2.18 bits per heavy atom. The van der Waals surface area contributed by atoms with Crippen molar-refractivity contribution >= 4 is 40.1 Å². The highest BCUT2D eigenvalue weighted by atomic mass is 35.5. The summed E-state index contributed by atoms with van der Waals surface area (Å²) in [6.07, 6.45) is 6.40. The van der Waals surface area contributed by atoms with Crippen molar-refractivity contribution in [3.8, 4) is 0 Å². The number of benzene rings is 1. The number of rotatable bonds is 3. The fourth-order valence-corrected chi connectivity index (χ4v) is 5.13. The second-order valence-corrected chi connectivity index (χ2v) is 8.43. The number of aliphatic imine (C=N–C) groups is 1. The largest absolute Gasteiger partial charge is 0.379 e. The van der Waals surface area contributed by atoms with E-state index in [0.717, 1.165) is 31.4 Å². The van der Waals surface area contributed by atoms with E-state index in [1.165, 1.54) is 36.3 Å². The van der Waals surface area contributed by atoms with Crippen LogP contribution >= 0.6 is 23.4 Å². The van der Waals surface area contributed by atoms with E-state index in [0.29, 0.717) is 16.4 Å².